The molecule has 0 fully saturated rings. The van der Waals surface area contributed by atoms with E-state index < -0.39 is 17.8 Å². The van der Waals surface area contributed by atoms with Crippen LogP contribution >= 0.6 is 0 Å². The van der Waals surface area contributed by atoms with Crippen molar-refractivity contribution < 1.29 is 19.7 Å². The molecule has 1 atom stereocenters. The van der Waals surface area contributed by atoms with Gasteiger partial charge in [0.2, 0.25) is 0 Å². The highest BCUT2D eigenvalue weighted by Gasteiger charge is 2.16. The third kappa shape index (κ3) is 7.43. The van der Waals surface area contributed by atoms with Gasteiger partial charge < -0.3 is 20.3 Å². The van der Waals surface area contributed by atoms with Crippen LogP contribution in [0.3, 0.4) is 0 Å². The maximum Gasteiger partial charge on any atom is 0.407 e. The fourth-order valence-electron chi connectivity index (χ4n) is 2.03. The summed E-state index contributed by atoms with van der Waals surface area (Å²) in [6.45, 7) is 5.92. The molecular weight excluding hydrogens is 282 g/mol. The normalized spacial score (nSPS) is 12.8. The number of benzene rings is 1. The number of aliphatic hydroxyl groups excluding tert-OH is 2. The lowest BCUT2D eigenvalue weighted by atomic mass is 10.0. The molecule has 3 N–H and O–H groups in total. The number of rotatable bonds is 7. The standard InChI is InChI=1S/C17H27NO4/c1-17(2,3)22-16(21)18-10-9-15(20)14-8-4-6-13(12-14)7-5-11-19/h4,6,8,12,15,19-20H,5,7,9-11H2,1-3H3,(H,18,21). The van der Waals surface area contributed by atoms with E-state index in [9.17, 15) is 9.90 Å². The number of carbonyl (C=O) groups excluding carboxylic acids is 1. The van der Waals surface area contributed by atoms with Crippen molar-refractivity contribution in [3.05, 3.63) is 35.4 Å². The van der Waals surface area contributed by atoms with Crippen LogP contribution in [0.1, 0.15) is 50.8 Å². The number of carbonyl (C=O) groups is 1. The number of ether oxygens (including phenoxy) is 1. The summed E-state index contributed by atoms with van der Waals surface area (Å²) in [5.41, 5.74) is 1.39. The Kier molecular flexibility index (Phi) is 7.35. The van der Waals surface area contributed by atoms with E-state index in [0.29, 0.717) is 19.4 Å². The molecule has 1 amide bonds. The third-order valence-corrected chi connectivity index (χ3v) is 3.05. The third-order valence-electron chi connectivity index (χ3n) is 3.05. The van der Waals surface area contributed by atoms with Crippen LogP contribution in [0.2, 0.25) is 0 Å². The first-order valence-corrected chi connectivity index (χ1v) is 7.66. The van der Waals surface area contributed by atoms with Gasteiger partial charge in [-0.3, -0.25) is 0 Å². The zero-order valence-corrected chi connectivity index (χ0v) is 13.6. The Hall–Kier alpha value is -1.59. The Balaban J connectivity index is 2.42. The molecule has 0 saturated heterocycles. The summed E-state index contributed by atoms with van der Waals surface area (Å²) in [6.07, 6.45) is 0.802. The van der Waals surface area contributed by atoms with Crippen molar-refractivity contribution in [3.63, 3.8) is 0 Å². The van der Waals surface area contributed by atoms with E-state index in [1.807, 2.05) is 24.3 Å². The van der Waals surface area contributed by atoms with Crippen LogP contribution in [-0.2, 0) is 11.2 Å². The maximum atomic E-state index is 11.5. The molecule has 0 aliphatic heterocycles. The average molecular weight is 309 g/mol. The van der Waals surface area contributed by atoms with E-state index in [2.05, 4.69) is 5.32 Å². The Bertz CT molecular complexity index is 468. The Morgan fingerprint density at radius 2 is 2.09 bits per heavy atom. The van der Waals surface area contributed by atoms with Gasteiger partial charge in [0, 0.05) is 13.2 Å². The Morgan fingerprint density at radius 3 is 2.73 bits per heavy atom. The molecule has 0 aromatic heterocycles. The maximum absolute atomic E-state index is 11.5. The zero-order chi connectivity index (χ0) is 16.6. The molecule has 0 aliphatic rings. The number of hydrogen-bond acceptors (Lipinski definition) is 4. The number of amides is 1. The minimum absolute atomic E-state index is 0.159. The van der Waals surface area contributed by atoms with Gasteiger partial charge in [0.1, 0.15) is 5.60 Å². The van der Waals surface area contributed by atoms with Crippen LogP contribution in [0.15, 0.2) is 24.3 Å². The average Bonchev–Trinajstić information content (AvgIpc) is 2.43. The van der Waals surface area contributed by atoms with Gasteiger partial charge in [0.05, 0.1) is 6.10 Å². The molecule has 124 valence electrons. The quantitative estimate of drug-likeness (QED) is 0.723. The van der Waals surface area contributed by atoms with E-state index >= 15 is 0 Å². The molecule has 5 heteroatoms. The van der Waals surface area contributed by atoms with Crippen LogP contribution in [0, 0.1) is 0 Å². The number of nitrogens with one attached hydrogen (secondary N) is 1. The lowest BCUT2D eigenvalue weighted by Gasteiger charge is -2.20. The van der Waals surface area contributed by atoms with Crippen molar-refractivity contribution in [2.75, 3.05) is 13.2 Å². The number of aryl methyl sites for hydroxylation is 1. The lowest BCUT2D eigenvalue weighted by molar-refractivity contribution is 0.0518. The summed E-state index contributed by atoms with van der Waals surface area (Å²) in [4.78, 5) is 11.5. The predicted molar refractivity (Wildman–Crippen MR) is 85.7 cm³/mol. The molecule has 1 aromatic rings. The smallest absolute Gasteiger partial charge is 0.407 e. The first-order valence-electron chi connectivity index (χ1n) is 7.66. The van der Waals surface area contributed by atoms with Gasteiger partial charge in [-0.1, -0.05) is 24.3 Å². The highest BCUT2D eigenvalue weighted by molar-refractivity contribution is 5.67. The molecule has 0 radical (unpaired) electrons. The lowest BCUT2D eigenvalue weighted by Crippen LogP contribution is -2.33. The van der Waals surface area contributed by atoms with Crippen LogP contribution < -0.4 is 5.32 Å². The van der Waals surface area contributed by atoms with Gasteiger partial charge in [-0.2, -0.15) is 0 Å². The molecule has 22 heavy (non-hydrogen) atoms. The van der Waals surface area contributed by atoms with Crippen molar-refractivity contribution in [2.45, 2.75) is 51.7 Å². The minimum atomic E-state index is -0.635. The van der Waals surface area contributed by atoms with E-state index in [1.165, 1.54) is 0 Å². The molecule has 0 heterocycles. The molecule has 1 unspecified atom stereocenters. The van der Waals surface area contributed by atoms with Crippen molar-refractivity contribution in [1.82, 2.24) is 5.32 Å². The van der Waals surface area contributed by atoms with Crippen LogP contribution in [0.5, 0.6) is 0 Å². The molecule has 0 saturated carbocycles. The van der Waals surface area contributed by atoms with Crippen molar-refractivity contribution in [1.29, 1.82) is 0 Å². The van der Waals surface area contributed by atoms with E-state index in [-0.39, 0.29) is 6.61 Å². The highest BCUT2D eigenvalue weighted by Crippen LogP contribution is 2.18. The van der Waals surface area contributed by atoms with Crippen molar-refractivity contribution in [2.24, 2.45) is 0 Å². The Morgan fingerprint density at radius 1 is 1.36 bits per heavy atom. The van der Waals surface area contributed by atoms with Crippen LogP contribution in [0.4, 0.5) is 4.79 Å². The van der Waals surface area contributed by atoms with Crippen molar-refractivity contribution in [3.8, 4) is 0 Å². The SMILES string of the molecule is CC(C)(C)OC(=O)NCCC(O)c1cccc(CCCO)c1. The molecule has 0 aliphatic carbocycles. The largest absolute Gasteiger partial charge is 0.444 e. The van der Waals surface area contributed by atoms with E-state index in [0.717, 1.165) is 17.5 Å². The summed E-state index contributed by atoms with van der Waals surface area (Å²) in [7, 11) is 0. The highest BCUT2D eigenvalue weighted by atomic mass is 16.6. The van der Waals surface area contributed by atoms with Gasteiger partial charge in [0.25, 0.3) is 0 Å². The van der Waals surface area contributed by atoms with E-state index in [4.69, 9.17) is 9.84 Å². The van der Waals surface area contributed by atoms with Gasteiger partial charge in [0.15, 0.2) is 0 Å². The fraction of sp³-hybridized carbons (Fsp3) is 0.588. The van der Waals surface area contributed by atoms with Gasteiger partial charge >= 0.3 is 6.09 Å². The van der Waals surface area contributed by atoms with Gasteiger partial charge in [-0.15, -0.1) is 0 Å². The molecular formula is C17H27NO4. The van der Waals surface area contributed by atoms with Crippen LogP contribution in [-0.4, -0.2) is 35.1 Å². The first kappa shape index (κ1) is 18.5. The summed E-state index contributed by atoms with van der Waals surface area (Å²) in [6, 6.07) is 7.67. The second-order valence-corrected chi connectivity index (χ2v) is 6.31. The van der Waals surface area contributed by atoms with Gasteiger partial charge in [-0.25, -0.2) is 4.79 Å². The minimum Gasteiger partial charge on any atom is -0.444 e. The van der Waals surface area contributed by atoms with E-state index in [1.54, 1.807) is 20.8 Å². The van der Waals surface area contributed by atoms with Crippen LogP contribution in [0.25, 0.3) is 0 Å². The first-order chi connectivity index (χ1) is 10.3. The number of aliphatic hydroxyl groups is 2. The number of hydrogen-bond donors (Lipinski definition) is 3. The monoisotopic (exact) mass is 309 g/mol. The predicted octanol–water partition coefficient (Wildman–Crippen LogP) is 2.56. The molecule has 1 rings (SSSR count). The molecule has 0 spiro atoms. The molecule has 0 bridgehead atoms. The summed E-state index contributed by atoms with van der Waals surface area (Å²) in [5.74, 6) is 0. The van der Waals surface area contributed by atoms with Gasteiger partial charge in [-0.05, 0) is 51.2 Å². The fourth-order valence-corrected chi connectivity index (χ4v) is 2.03. The second kappa shape index (κ2) is 8.76. The number of alkyl carbamates (subject to hydrolysis) is 1. The molecule has 1 aromatic carbocycles. The summed E-state index contributed by atoms with van der Waals surface area (Å²) < 4.78 is 5.13. The zero-order valence-electron chi connectivity index (χ0n) is 13.6. The topological polar surface area (TPSA) is 78.8 Å². The molecule has 5 nitrogen and oxygen atoms in total. The Labute approximate surface area is 132 Å². The summed E-state index contributed by atoms with van der Waals surface area (Å²) >= 11 is 0. The van der Waals surface area contributed by atoms with Crippen molar-refractivity contribution >= 4 is 6.09 Å². The second-order valence-electron chi connectivity index (χ2n) is 6.31. The summed E-state index contributed by atoms with van der Waals surface area (Å²) in [5, 5.41) is 21.7.